The number of hydrogen-bond donors (Lipinski definition) is 3. The van der Waals surface area contributed by atoms with E-state index in [4.69, 9.17) is 11.6 Å². The van der Waals surface area contributed by atoms with Crippen LogP contribution in [-0.2, 0) is 11.3 Å². The molecule has 0 saturated heterocycles. The molecule has 0 heterocycles. The molecule has 3 N–H and O–H groups in total. The van der Waals surface area contributed by atoms with E-state index in [0.717, 1.165) is 5.56 Å². The summed E-state index contributed by atoms with van der Waals surface area (Å²) in [5, 5.41) is 15.6. The number of nitrogens with one attached hydrogen (secondary N) is 2. The number of carbonyl (C=O) groups is 2. The second kappa shape index (κ2) is 9.36. The van der Waals surface area contributed by atoms with Crippen LogP contribution in [0, 0.1) is 5.92 Å². The van der Waals surface area contributed by atoms with Gasteiger partial charge in [-0.05, 0) is 42.2 Å². The van der Waals surface area contributed by atoms with Gasteiger partial charge in [0.05, 0.1) is 10.6 Å². The topological polar surface area (TPSA) is 78.4 Å². The van der Waals surface area contributed by atoms with Gasteiger partial charge in [0.15, 0.2) is 0 Å². The maximum absolute atomic E-state index is 12.3. The second-order valence-corrected chi connectivity index (χ2v) is 6.94. The molecule has 0 spiro atoms. The van der Waals surface area contributed by atoms with Crippen LogP contribution in [0.1, 0.15) is 36.2 Å². The van der Waals surface area contributed by atoms with E-state index in [1.807, 2.05) is 32.0 Å². The lowest BCUT2D eigenvalue weighted by atomic mass is 10.0. The maximum atomic E-state index is 12.3. The monoisotopic (exact) mass is 374 g/mol. The summed E-state index contributed by atoms with van der Waals surface area (Å²) in [6.45, 7) is 4.38. The van der Waals surface area contributed by atoms with Gasteiger partial charge in [-0.3, -0.25) is 9.59 Å². The zero-order chi connectivity index (χ0) is 19.1. The molecule has 0 radical (unpaired) electrons. The Morgan fingerprint density at radius 1 is 1.12 bits per heavy atom. The van der Waals surface area contributed by atoms with Gasteiger partial charge in [0, 0.05) is 12.2 Å². The van der Waals surface area contributed by atoms with E-state index in [1.54, 1.807) is 30.3 Å². The molecule has 5 nitrogen and oxygen atoms in total. The first-order chi connectivity index (χ1) is 12.4. The predicted octanol–water partition coefficient (Wildman–Crippen LogP) is 4.18. The third-order valence-corrected chi connectivity index (χ3v) is 4.19. The largest absolute Gasteiger partial charge is 0.480 e. The Labute approximate surface area is 158 Å². The molecular formula is C20H23ClN2O3. The van der Waals surface area contributed by atoms with Crippen LogP contribution < -0.4 is 10.6 Å². The summed E-state index contributed by atoms with van der Waals surface area (Å²) >= 11 is 6.05. The molecule has 0 saturated carbocycles. The van der Waals surface area contributed by atoms with Crippen LogP contribution in [0.5, 0.6) is 0 Å². The number of halogens is 1. The Kier molecular flexibility index (Phi) is 7.18. The minimum absolute atomic E-state index is 0.282. The molecule has 2 aromatic carbocycles. The van der Waals surface area contributed by atoms with Gasteiger partial charge in [0.1, 0.15) is 6.04 Å². The van der Waals surface area contributed by atoms with Gasteiger partial charge in [0.2, 0.25) is 0 Å². The highest BCUT2D eigenvalue weighted by atomic mass is 35.5. The number of anilines is 1. The van der Waals surface area contributed by atoms with Gasteiger partial charge in [-0.2, -0.15) is 0 Å². The minimum atomic E-state index is -0.859. The van der Waals surface area contributed by atoms with Gasteiger partial charge in [-0.1, -0.05) is 49.7 Å². The number of carboxylic acid groups (broad SMARTS) is 1. The lowest BCUT2D eigenvalue weighted by Gasteiger charge is -2.17. The first kappa shape index (κ1) is 19.9. The first-order valence-corrected chi connectivity index (χ1v) is 8.85. The number of carbonyl (C=O) groups excluding carboxylic acids is 1. The van der Waals surface area contributed by atoms with Crippen molar-refractivity contribution in [2.45, 2.75) is 32.9 Å². The maximum Gasteiger partial charge on any atom is 0.320 e. The average molecular weight is 375 g/mol. The van der Waals surface area contributed by atoms with Crippen molar-refractivity contribution >= 4 is 29.2 Å². The molecule has 1 amide bonds. The second-order valence-electron chi connectivity index (χ2n) is 6.54. The summed E-state index contributed by atoms with van der Waals surface area (Å²) in [5.41, 5.74) is 1.92. The quantitative estimate of drug-likeness (QED) is 0.647. The Bertz CT molecular complexity index is 777. The van der Waals surface area contributed by atoms with E-state index in [0.29, 0.717) is 29.2 Å². The number of aliphatic carboxylic acids is 1. The number of benzene rings is 2. The molecule has 26 heavy (non-hydrogen) atoms. The van der Waals surface area contributed by atoms with E-state index in [9.17, 15) is 14.7 Å². The zero-order valence-electron chi connectivity index (χ0n) is 14.8. The summed E-state index contributed by atoms with van der Waals surface area (Å²) in [6, 6.07) is 13.5. The van der Waals surface area contributed by atoms with Crippen molar-refractivity contribution in [1.29, 1.82) is 0 Å². The molecule has 2 rings (SSSR count). The van der Waals surface area contributed by atoms with Crippen molar-refractivity contribution in [2.75, 3.05) is 5.32 Å². The highest BCUT2D eigenvalue weighted by Gasteiger charge is 2.18. The summed E-state index contributed by atoms with van der Waals surface area (Å²) in [7, 11) is 0. The Balaban J connectivity index is 2.02. The normalized spacial score (nSPS) is 12.0. The van der Waals surface area contributed by atoms with E-state index >= 15 is 0 Å². The standard InChI is InChI=1S/C20H23ClN2O3/c1-13(2)10-18(20(25)26)22-12-14-6-5-7-15(11-14)23-19(24)16-8-3-4-9-17(16)21/h3-9,11,13,18,22H,10,12H2,1-2H3,(H,23,24)(H,25,26). The first-order valence-electron chi connectivity index (χ1n) is 8.48. The van der Waals surface area contributed by atoms with Gasteiger partial charge < -0.3 is 15.7 Å². The Morgan fingerprint density at radius 3 is 2.50 bits per heavy atom. The molecule has 0 aliphatic rings. The molecule has 0 aliphatic carbocycles. The van der Waals surface area contributed by atoms with Crippen molar-refractivity contribution in [1.82, 2.24) is 5.32 Å². The third kappa shape index (κ3) is 5.86. The lowest BCUT2D eigenvalue weighted by Crippen LogP contribution is -2.37. The number of rotatable bonds is 8. The van der Waals surface area contributed by atoms with E-state index < -0.39 is 12.0 Å². The van der Waals surface area contributed by atoms with Gasteiger partial charge in [-0.15, -0.1) is 0 Å². The smallest absolute Gasteiger partial charge is 0.320 e. The van der Waals surface area contributed by atoms with Gasteiger partial charge in [0.25, 0.3) is 5.91 Å². The van der Waals surface area contributed by atoms with Crippen molar-refractivity contribution in [3.05, 3.63) is 64.7 Å². The van der Waals surface area contributed by atoms with Crippen LogP contribution >= 0.6 is 11.6 Å². The summed E-state index contributed by atoms with van der Waals surface area (Å²) in [5.74, 6) is -0.865. The lowest BCUT2D eigenvalue weighted by molar-refractivity contribution is -0.140. The predicted molar refractivity (Wildman–Crippen MR) is 104 cm³/mol. The molecule has 6 heteroatoms. The molecule has 0 fully saturated rings. The molecule has 1 atom stereocenters. The van der Waals surface area contributed by atoms with Crippen molar-refractivity contribution in [3.8, 4) is 0 Å². The van der Waals surface area contributed by atoms with Crippen LogP contribution in [0.4, 0.5) is 5.69 Å². The van der Waals surface area contributed by atoms with Gasteiger partial charge in [-0.25, -0.2) is 0 Å². The molecule has 2 aromatic rings. The highest BCUT2D eigenvalue weighted by Crippen LogP contribution is 2.18. The summed E-state index contributed by atoms with van der Waals surface area (Å²) < 4.78 is 0. The highest BCUT2D eigenvalue weighted by molar-refractivity contribution is 6.34. The summed E-state index contributed by atoms with van der Waals surface area (Å²) in [6.07, 6.45) is 0.554. The fourth-order valence-corrected chi connectivity index (χ4v) is 2.81. The van der Waals surface area contributed by atoms with Crippen LogP contribution in [0.2, 0.25) is 5.02 Å². The van der Waals surface area contributed by atoms with E-state index in [1.165, 1.54) is 0 Å². The third-order valence-electron chi connectivity index (χ3n) is 3.86. The Morgan fingerprint density at radius 2 is 1.85 bits per heavy atom. The molecule has 0 bridgehead atoms. The fourth-order valence-electron chi connectivity index (χ4n) is 2.59. The van der Waals surface area contributed by atoms with Crippen LogP contribution in [-0.4, -0.2) is 23.0 Å². The molecular weight excluding hydrogens is 352 g/mol. The molecule has 0 aliphatic heterocycles. The fraction of sp³-hybridized carbons (Fsp3) is 0.300. The molecule has 1 unspecified atom stereocenters. The van der Waals surface area contributed by atoms with Crippen LogP contribution in [0.3, 0.4) is 0 Å². The Hall–Kier alpha value is -2.37. The number of hydrogen-bond acceptors (Lipinski definition) is 3. The average Bonchev–Trinajstić information content (AvgIpc) is 2.58. The van der Waals surface area contributed by atoms with Gasteiger partial charge >= 0.3 is 5.97 Å². The number of carboxylic acids is 1. The van der Waals surface area contributed by atoms with Crippen LogP contribution in [0.15, 0.2) is 48.5 Å². The molecule has 138 valence electrons. The van der Waals surface area contributed by atoms with E-state index in [-0.39, 0.29) is 11.8 Å². The SMILES string of the molecule is CC(C)CC(NCc1cccc(NC(=O)c2ccccc2Cl)c1)C(=O)O. The van der Waals surface area contributed by atoms with Crippen molar-refractivity contribution in [2.24, 2.45) is 5.92 Å². The van der Waals surface area contributed by atoms with Crippen molar-refractivity contribution < 1.29 is 14.7 Å². The number of amides is 1. The van der Waals surface area contributed by atoms with Crippen molar-refractivity contribution in [3.63, 3.8) is 0 Å². The molecule has 0 aromatic heterocycles. The van der Waals surface area contributed by atoms with E-state index in [2.05, 4.69) is 10.6 Å². The minimum Gasteiger partial charge on any atom is -0.480 e. The van der Waals surface area contributed by atoms with Crippen LogP contribution in [0.25, 0.3) is 0 Å². The summed E-state index contributed by atoms with van der Waals surface area (Å²) in [4.78, 5) is 23.7. The zero-order valence-corrected chi connectivity index (χ0v) is 15.6.